The first-order chi connectivity index (χ1) is 6.61. The molecule has 1 aromatic rings. The second kappa shape index (κ2) is 4.76. The SMILES string of the molecule is CCn1ccc(NC(=O)CC(C)N)n1. The predicted octanol–water partition coefficient (Wildman–Crippen LogP) is 0.579. The number of carbonyl (C=O) groups excluding carboxylic acids is 1. The molecule has 0 aromatic carbocycles. The second-order valence-corrected chi connectivity index (χ2v) is 3.29. The Morgan fingerprint density at radius 2 is 2.50 bits per heavy atom. The van der Waals surface area contributed by atoms with Crippen LogP contribution in [0.2, 0.25) is 0 Å². The summed E-state index contributed by atoms with van der Waals surface area (Å²) in [6, 6.07) is 1.64. The van der Waals surface area contributed by atoms with Crippen molar-refractivity contribution in [3.05, 3.63) is 12.3 Å². The van der Waals surface area contributed by atoms with Crippen molar-refractivity contribution in [2.75, 3.05) is 5.32 Å². The molecule has 14 heavy (non-hydrogen) atoms. The maximum atomic E-state index is 11.3. The van der Waals surface area contributed by atoms with Gasteiger partial charge in [-0.2, -0.15) is 5.10 Å². The number of rotatable bonds is 4. The Bertz CT molecular complexity index is 306. The van der Waals surface area contributed by atoms with Gasteiger partial charge in [0, 0.05) is 31.3 Å². The highest BCUT2D eigenvalue weighted by Gasteiger charge is 2.06. The Labute approximate surface area is 83.3 Å². The first-order valence-corrected chi connectivity index (χ1v) is 4.70. The van der Waals surface area contributed by atoms with Crippen LogP contribution in [-0.4, -0.2) is 21.7 Å². The number of hydrogen-bond acceptors (Lipinski definition) is 3. The molecular formula is C9H16N4O. The first kappa shape index (κ1) is 10.7. The molecule has 1 aromatic heterocycles. The fraction of sp³-hybridized carbons (Fsp3) is 0.556. The number of aryl methyl sites for hydroxylation is 1. The molecule has 0 bridgehead atoms. The van der Waals surface area contributed by atoms with E-state index in [9.17, 15) is 4.79 Å². The lowest BCUT2D eigenvalue weighted by Crippen LogP contribution is -2.24. The van der Waals surface area contributed by atoms with Crippen LogP contribution >= 0.6 is 0 Å². The summed E-state index contributed by atoms with van der Waals surface area (Å²) in [7, 11) is 0. The van der Waals surface area contributed by atoms with E-state index >= 15 is 0 Å². The lowest BCUT2D eigenvalue weighted by atomic mass is 10.2. The van der Waals surface area contributed by atoms with Crippen molar-refractivity contribution in [3.63, 3.8) is 0 Å². The third-order valence-corrected chi connectivity index (χ3v) is 1.74. The molecule has 1 rings (SSSR count). The van der Waals surface area contributed by atoms with E-state index in [1.165, 1.54) is 0 Å². The van der Waals surface area contributed by atoms with E-state index in [-0.39, 0.29) is 11.9 Å². The van der Waals surface area contributed by atoms with Gasteiger partial charge < -0.3 is 11.1 Å². The molecule has 1 unspecified atom stereocenters. The van der Waals surface area contributed by atoms with E-state index in [1.807, 2.05) is 13.1 Å². The molecule has 3 N–H and O–H groups in total. The largest absolute Gasteiger partial charge is 0.327 e. The highest BCUT2D eigenvalue weighted by atomic mass is 16.1. The third-order valence-electron chi connectivity index (χ3n) is 1.74. The summed E-state index contributed by atoms with van der Waals surface area (Å²) in [5, 5.41) is 6.80. The maximum Gasteiger partial charge on any atom is 0.227 e. The van der Waals surface area contributed by atoms with Gasteiger partial charge in [-0.15, -0.1) is 0 Å². The number of nitrogens with zero attached hydrogens (tertiary/aromatic N) is 2. The minimum atomic E-state index is -0.122. The molecule has 0 aliphatic heterocycles. The van der Waals surface area contributed by atoms with Crippen molar-refractivity contribution in [3.8, 4) is 0 Å². The van der Waals surface area contributed by atoms with Gasteiger partial charge >= 0.3 is 0 Å². The van der Waals surface area contributed by atoms with Gasteiger partial charge in [-0.3, -0.25) is 9.48 Å². The topological polar surface area (TPSA) is 72.9 Å². The summed E-state index contributed by atoms with van der Waals surface area (Å²) in [6.45, 7) is 4.58. The van der Waals surface area contributed by atoms with Crippen LogP contribution in [0.1, 0.15) is 20.3 Å². The Balaban J connectivity index is 2.47. The minimum Gasteiger partial charge on any atom is -0.327 e. The average molecular weight is 196 g/mol. The van der Waals surface area contributed by atoms with Gasteiger partial charge in [0.1, 0.15) is 0 Å². The number of amides is 1. The van der Waals surface area contributed by atoms with Crippen LogP contribution < -0.4 is 11.1 Å². The fourth-order valence-electron chi connectivity index (χ4n) is 1.09. The Morgan fingerprint density at radius 1 is 1.79 bits per heavy atom. The van der Waals surface area contributed by atoms with Crippen molar-refractivity contribution in [1.82, 2.24) is 9.78 Å². The van der Waals surface area contributed by atoms with Gasteiger partial charge in [0.2, 0.25) is 5.91 Å². The highest BCUT2D eigenvalue weighted by Crippen LogP contribution is 2.03. The Kier molecular flexibility index (Phi) is 3.64. The zero-order valence-electron chi connectivity index (χ0n) is 8.53. The molecule has 1 heterocycles. The molecule has 1 atom stereocenters. The van der Waals surface area contributed by atoms with Crippen molar-refractivity contribution in [1.29, 1.82) is 0 Å². The molecule has 0 aliphatic rings. The average Bonchev–Trinajstić information content (AvgIpc) is 2.50. The normalized spacial score (nSPS) is 12.5. The monoisotopic (exact) mass is 196 g/mol. The Hall–Kier alpha value is -1.36. The van der Waals surface area contributed by atoms with Crippen molar-refractivity contribution in [2.45, 2.75) is 32.9 Å². The van der Waals surface area contributed by atoms with E-state index in [1.54, 1.807) is 17.7 Å². The minimum absolute atomic E-state index is 0.0960. The van der Waals surface area contributed by atoms with E-state index in [4.69, 9.17) is 5.73 Å². The number of anilines is 1. The van der Waals surface area contributed by atoms with Crippen LogP contribution in [0.25, 0.3) is 0 Å². The lowest BCUT2D eigenvalue weighted by molar-refractivity contribution is -0.116. The molecular weight excluding hydrogens is 180 g/mol. The van der Waals surface area contributed by atoms with Gasteiger partial charge in [-0.25, -0.2) is 0 Å². The smallest absolute Gasteiger partial charge is 0.227 e. The second-order valence-electron chi connectivity index (χ2n) is 3.29. The number of hydrogen-bond donors (Lipinski definition) is 2. The first-order valence-electron chi connectivity index (χ1n) is 4.70. The lowest BCUT2D eigenvalue weighted by Gasteiger charge is -2.04. The van der Waals surface area contributed by atoms with Crippen molar-refractivity contribution >= 4 is 11.7 Å². The van der Waals surface area contributed by atoms with E-state index in [0.717, 1.165) is 6.54 Å². The summed E-state index contributed by atoms with van der Waals surface area (Å²) in [4.78, 5) is 11.3. The van der Waals surface area contributed by atoms with Crippen LogP contribution in [0, 0.1) is 0 Å². The van der Waals surface area contributed by atoms with Crippen LogP contribution in [-0.2, 0) is 11.3 Å². The number of nitrogens with two attached hydrogens (primary N) is 1. The summed E-state index contributed by atoms with van der Waals surface area (Å²) >= 11 is 0. The van der Waals surface area contributed by atoms with Crippen LogP contribution in [0.5, 0.6) is 0 Å². The molecule has 0 aliphatic carbocycles. The summed E-state index contributed by atoms with van der Waals surface area (Å²) in [5.41, 5.74) is 5.49. The summed E-state index contributed by atoms with van der Waals surface area (Å²) in [6.07, 6.45) is 2.14. The van der Waals surface area contributed by atoms with Crippen LogP contribution in [0.15, 0.2) is 12.3 Å². The molecule has 0 saturated heterocycles. The van der Waals surface area contributed by atoms with Gasteiger partial charge in [-0.05, 0) is 13.8 Å². The van der Waals surface area contributed by atoms with Gasteiger partial charge in [0.15, 0.2) is 5.82 Å². The van der Waals surface area contributed by atoms with Crippen molar-refractivity contribution in [2.24, 2.45) is 5.73 Å². The molecule has 78 valence electrons. The molecule has 0 saturated carbocycles. The van der Waals surface area contributed by atoms with Crippen LogP contribution in [0.4, 0.5) is 5.82 Å². The van der Waals surface area contributed by atoms with Crippen molar-refractivity contribution < 1.29 is 4.79 Å². The summed E-state index contributed by atoms with van der Waals surface area (Å²) in [5.74, 6) is 0.485. The highest BCUT2D eigenvalue weighted by molar-refractivity contribution is 5.89. The zero-order chi connectivity index (χ0) is 10.6. The molecule has 0 radical (unpaired) electrons. The summed E-state index contributed by atoms with van der Waals surface area (Å²) < 4.78 is 1.75. The van der Waals surface area contributed by atoms with E-state index in [2.05, 4.69) is 10.4 Å². The van der Waals surface area contributed by atoms with Crippen LogP contribution in [0.3, 0.4) is 0 Å². The zero-order valence-corrected chi connectivity index (χ0v) is 8.53. The molecule has 0 fully saturated rings. The van der Waals surface area contributed by atoms with E-state index < -0.39 is 0 Å². The standard InChI is InChI=1S/C9H16N4O/c1-3-13-5-4-8(12-13)11-9(14)6-7(2)10/h4-5,7H,3,6,10H2,1-2H3,(H,11,12,14). The third kappa shape index (κ3) is 3.18. The number of carbonyl (C=O) groups is 1. The van der Waals surface area contributed by atoms with E-state index in [0.29, 0.717) is 12.2 Å². The molecule has 5 heteroatoms. The maximum absolute atomic E-state index is 11.3. The number of aromatic nitrogens is 2. The number of nitrogens with one attached hydrogen (secondary N) is 1. The quantitative estimate of drug-likeness (QED) is 0.739. The van der Waals surface area contributed by atoms with Gasteiger partial charge in [0.05, 0.1) is 0 Å². The molecule has 5 nitrogen and oxygen atoms in total. The predicted molar refractivity (Wildman–Crippen MR) is 54.8 cm³/mol. The van der Waals surface area contributed by atoms with Gasteiger partial charge in [-0.1, -0.05) is 0 Å². The molecule has 1 amide bonds. The molecule has 0 spiro atoms. The fourth-order valence-corrected chi connectivity index (χ4v) is 1.09. The Morgan fingerprint density at radius 3 is 3.00 bits per heavy atom. The van der Waals surface area contributed by atoms with Gasteiger partial charge in [0.25, 0.3) is 0 Å².